The first kappa shape index (κ1) is 25.5. The number of hydrogen-bond donors (Lipinski definition) is 2. The van der Waals surface area contributed by atoms with Gasteiger partial charge in [0.25, 0.3) is 0 Å². The Kier molecular flexibility index (Phi) is 12.0. The molecule has 0 spiro atoms. The SMILES string of the molecule is C#CCOc1ccc(CCNC(=NCC(C)(C)N2CCOCC2)NCC)cc1.I. The second-order valence-electron chi connectivity index (χ2n) is 7.42. The van der Waals surface area contributed by atoms with Gasteiger partial charge in [0.2, 0.25) is 0 Å². The van der Waals surface area contributed by atoms with Crippen LogP contribution in [0.5, 0.6) is 5.75 Å². The molecule has 29 heavy (non-hydrogen) atoms. The van der Waals surface area contributed by atoms with E-state index in [0.29, 0.717) is 6.61 Å². The molecule has 0 aromatic heterocycles. The third-order valence-electron chi connectivity index (χ3n) is 4.79. The van der Waals surface area contributed by atoms with Gasteiger partial charge in [0.1, 0.15) is 12.4 Å². The Morgan fingerprint density at radius 1 is 1.24 bits per heavy atom. The quantitative estimate of drug-likeness (QED) is 0.230. The van der Waals surface area contributed by atoms with Crippen molar-refractivity contribution in [2.24, 2.45) is 4.99 Å². The zero-order chi connectivity index (χ0) is 20.2. The maximum absolute atomic E-state index is 5.46. The van der Waals surface area contributed by atoms with Crippen LogP contribution in [0.3, 0.4) is 0 Å². The van der Waals surface area contributed by atoms with Gasteiger partial charge in [-0.25, -0.2) is 0 Å². The minimum atomic E-state index is 0. The summed E-state index contributed by atoms with van der Waals surface area (Å²) < 4.78 is 10.9. The van der Waals surface area contributed by atoms with Crippen LogP contribution in [0.1, 0.15) is 26.3 Å². The Hall–Kier alpha value is -1.50. The van der Waals surface area contributed by atoms with E-state index in [2.05, 4.69) is 54.4 Å². The molecule has 0 bridgehead atoms. The first-order chi connectivity index (χ1) is 13.5. The van der Waals surface area contributed by atoms with E-state index in [0.717, 1.165) is 64.1 Å². The molecule has 0 atom stereocenters. The van der Waals surface area contributed by atoms with Gasteiger partial charge in [0.15, 0.2) is 5.96 Å². The summed E-state index contributed by atoms with van der Waals surface area (Å²) >= 11 is 0. The van der Waals surface area contributed by atoms with E-state index >= 15 is 0 Å². The van der Waals surface area contributed by atoms with Crippen LogP contribution in [-0.4, -0.2) is 68.9 Å². The molecule has 0 saturated carbocycles. The first-order valence-corrected chi connectivity index (χ1v) is 10.1. The molecule has 1 aliphatic rings. The first-order valence-electron chi connectivity index (χ1n) is 10.1. The number of terminal acetylenes is 1. The maximum Gasteiger partial charge on any atom is 0.191 e. The molecular weight excluding hydrogens is 479 g/mol. The van der Waals surface area contributed by atoms with E-state index < -0.39 is 0 Å². The number of guanidine groups is 1. The van der Waals surface area contributed by atoms with Gasteiger partial charge in [-0.3, -0.25) is 9.89 Å². The third-order valence-corrected chi connectivity index (χ3v) is 4.79. The second kappa shape index (κ2) is 13.7. The molecule has 1 aliphatic heterocycles. The van der Waals surface area contributed by atoms with Gasteiger partial charge in [-0.05, 0) is 44.9 Å². The van der Waals surface area contributed by atoms with E-state index in [-0.39, 0.29) is 29.5 Å². The molecule has 7 heteroatoms. The van der Waals surface area contributed by atoms with Crippen LogP contribution in [0.15, 0.2) is 29.3 Å². The van der Waals surface area contributed by atoms with E-state index in [1.165, 1.54) is 5.56 Å². The monoisotopic (exact) mass is 514 g/mol. The Balaban J connectivity index is 0.00000420. The van der Waals surface area contributed by atoms with Gasteiger partial charge >= 0.3 is 0 Å². The van der Waals surface area contributed by atoms with Crippen LogP contribution in [-0.2, 0) is 11.2 Å². The minimum absolute atomic E-state index is 0. The fourth-order valence-corrected chi connectivity index (χ4v) is 3.09. The summed E-state index contributed by atoms with van der Waals surface area (Å²) in [6, 6.07) is 8.05. The predicted octanol–water partition coefficient (Wildman–Crippen LogP) is 2.53. The van der Waals surface area contributed by atoms with Gasteiger partial charge in [-0.15, -0.1) is 30.4 Å². The van der Waals surface area contributed by atoms with Crippen molar-refractivity contribution in [1.82, 2.24) is 15.5 Å². The lowest BCUT2D eigenvalue weighted by molar-refractivity contribution is -0.00683. The molecule has 1 heterocycles. The average Bonchev–Trinajstić information content (AvgIpc) is 2.72. The minimum Gasteiger partial charge on any atom is -0.481 e. The summed E-state index contributed by atoms with van der Waals surface area (Å²) in [6.45, 7) is 12.8. The standard InChI is InChI=1S/C22H34N4O2.HI/c1-5-15-28-20-9-7-19(8-10-20)11-12-24-21(23-6-2)25-18-22(3,4)26-13-16-27-17-14-26;/h1,7-10H,6,11-18H2,2-4H3,(H2,23,24,25);1H. The van der Waals surface area contributed by atoms with Crippen LogP contribution >= 0.6 is 24.0 Å². The van der Waals surface area contributed by atoms with Gasteiger partial charge in [-0.2, -0.15) is 0 Å². The van der Waals surface area contributed by atoms with E-state index in [1.54, 1.807) is 0 Å². The van der Waals surface area contributed by atoms with Gasteiger partial charge in [0, 0.05) is 31.7 Å². The average molecular weight is 514 g/mol. The predicted molar refractivity (Wildman–Crippen MR) is 130 cm³/mol. The smallest absolute Gasteiger partial charge is 0.191 e. The molecule has 2 N–H and O–H groups in total. The summed E-state index contributed by atoms with van der Waals surface area (Å²) in [6.07, 6.45) is 6.12. The molecule has 1 aromatic rings. The number of ether oxygens (including phenoxy) is 2. The number of rotatable bonds is 9. The lowest BCUT2D eigenvalue weighted by Gasteiger charge is -2.39. The van der Waals surface area contributed by atoms with Crippen molar-refractivity contribution >= 4 is 29.9 Å². The third kappa shape index (κ3) is 9.24. The van der Waals surface area contributed by atoms with Crippen LogP contribution < -0.4 is 15.4 Å². The fourth-order valence-electron chi connectivity index (χ4n) is 3.09. The number of halogens is 1. The van der Waals surface area contributed by atoms with Crippen LogP contribution in [0.25, 0.3) is 0 Å². The molecule has 0 amide bonds. The van der Waals surface area contributed by atoms with Crippen LogP contribution in [0, 0.1) is 12.3 Å². The number of nitrogens with zero attached hydrogens (tertiary/aromatic N) is 2. The highest BCUT2D eigenvalue weighted by atomic mass is 127. The number of aliphatic imine (C=N–C) groups is 1. The molecule has 2 rings (SSSR count). The van der Waals surface area contributed by atoms with Crippen molar-refractivity contribution in [3.05, 3.63) is 29.8 Å². The summed E-state index contributed by atoms with van der Waals surface area (Å²) in [5, 5.41) is 6.77. The van der Waals surface area contributed by atoms with Crippen LogP contribution in [0.4, 0.5) is 0 Å². The highest BCUT2D eigenvalue weighted by Gasteiger charge is 2.28. The number of morpholine rings is 1. The number of nitrogens with one attached hydrogen (secondary N) is 2. The van der Waals surface area contributed by atoms with Gasteiger partial charge in [0.05, 0.1) is 19.8 Å². The molecule has 162 valence electrons. The van der Waals surface area contributed by atoms with Crippen molar-refractivity contribution in [3.63, 3.8) is 0 Å². The highest BCUT2D eigenvalue weighted by Crippen LogP contribution is 2.16. The van der Waals surface area contributed by atoms with E-state index in [9.17, 15) is 0 Å². The molecule has 0 aliphatic carbocycles. The van der Waals surface area contributed by atoms with Crippen molar-refractivity contribution in [3.8, 4) is 18.1 Å². The highest BCUT2D eigenvalue weighted by molar-refractivity contribution is 14.0. The van der Waals surface area contributed by atoms with Crippen molar-refractivity contribution in [2.75, 3.05) is 52.5 Å². The fraction of sp³-hybridized carbons (Fsp3) is 0.591. The van der Waals surface area contributed by atoms with Gasteiger partial charge in [-0.1, -0.05) is 18.1 Å². The molecule has 1 saturated heterocycles. The molecule has 1 fully saturated rings. The lowest BCUT2D eigenvalue weighted by Crippen LogP contribution is -2.52. The maximum atomic E-state index is 5.46. The number of hydrogen-bond acceptors (Lipinski definition) is 4. The topological polar surface area (TPSA) is 58.1 Å². The largest absolute Gasteiger partial charge is 0.481 e. The van der Waals surface area contributed by atoms with Crippen molar-refractivity contribution in [1.29, 1.82) is 0 Å². The van der Waals surface area contributed by atoms with Crippen LogP contribution in [0.2, 0.25) is 0 Å². The molecule has 6 nitrogen and oxygen atoms in total. The Bertz CT molecular complexity index is 650. The molecule has 1 aromatic carbocycles. The summed E-state index contributed by atoms with van der Waals surface area (Å²) in [7, 11) is 0. The Labute approximate surface area is 192 Å². The second-order valence-corrected chi connectivity index (χ2v) is 7.42. The van der Waals surface area contributed by atoms with Crippen molar-refractivity contribution < 1.29 is 9.47 Å². The lowest BCUT2D eigenvalue weighted by atomic mass is 10.0. The summed E-state index contributed by atoms with van der Waals surface area (Å²) in [4.78, 5) is 7.26. The summed E-state index contributed by atoms with van der Waals surface area (Å²) in [5.74, 6) is 4.13. The Morgan fingerprint density at radius 3 is 2.55 bits per heavy atom. The molecular formula is C22H35IN4O2. The zero-order valence-corrected chi connectivity index (χ0v) is 20.2. The Morgan fingerprint density at radius 2 is 1.93 bits per heavy atom. The molecule has 0 radical (unpaired) electrons. The van der Waals surface area contributed by atoms with Crippen molar-refractivity contribution in [2.45, 2.75) is 32.7 Å². The normalized spacial score (nSPS) is 15.2. The summed E-state index contributed by atoms with van der Waals surface area (Å²) in [5.41, 5.74) is 1.26. The molecule has 0 unspecified atom stereocenters. The van der Waals surface area contributed by atoms with Gasteiger partial charge < -0.3 is 20.1 Å². The number of benzene rings is 1. The zero-order valence-electron chi connectivity index (χ0n) is 17.9. The van der Waals surface area contributed by atoms with E-state index in [4.69, 9.17) is 20.9 Å². The van der Waals surface area contributed by atoms with E-state index in [1.807, 2.05) is 12.1 Å².